The summed E-state index contributed by atoms with van der Waals surface area (Å²) in [6.45, 7) is 0.449. The Morgan fingerprint density at radius 3 is 2.82 bits per heavy atom. The standard InChI is InChI=1S/C11H12INO3S/c12-9-6-7(3-4-13(9)11(15)16)10(14)8-2-1-5-17-8/h1-2,5,7,9H,3-4,6H2,(H,15,16). The summed E-state index contributed by atoms with van der Waals surface area (Å²) in [7, 11) is 0. The number of amides is 1. The van der Waals surface area contributed by atoms with E-state index in [1.54, 1.807) is 0 Å². The second kappa shape index (κ2) is 5.34. The molecule has 2 atom stereocenters. The summed E-state index contributed by atoms with van der Waals surface area (Å²) in [4.78, 5) is 25.2. The van der Waals surface area contributed by atoms with Gasteiger partial charge in [0.05, 0.1) is 8.93 Å². The fraction of sp³-hybridized carbons (Fsp3) is 0.455. The van der Waals surface area contributed by atoms with Gasteiger partial charge in [0.25, 0.3) is 0 Å². The van der Waals surface area contributed by atoms with Crippen molar-refractivity contribution in [1.29, 1.82) is 0 Å². The maximum absolute atomic E-state index is 12.1. The highest BCUT2D eigenvalue weighted by Crippen LogP contribution is 2.30. The molecular formula is C11H12INO3S. The van der Waals surface area contributed by atoms with Gasteiger partial charge in [-0.2, -0.15) is 0 Å². The van der Waals surface area contributed by atoms with Crippen LogP contribution in [-0.2, 0) is 0 Å². The lowest BCUT2D eigenvalue weighted by Gasteiger charge is -2.33. The number of carbonyl (C=O) groups excluding carboxylic acids is 1. The monoisotopic (exact) mass is 365 g/mol. The van der Waals surface area contributed by atoms with Gasteiger partial charge in [-0.05, 0) is 24.3 Å². The summed E-state index contributed by atoms with van der Waals surface area (Å²) in [5, 5.41) is 10.8. The zero-order valence-electron chi connectivity index (χ0n) is 9.01. The van der Waals surface area contributed by atoms with Crippen molar-refractivity contribution in [3.05, 3.63) is 22.4 Å². The lowest BCUT2D eigenvalue weighted by Crippen LogP contribution is -2.43. The topological polar surface area (TPSA) is 57.6 Å². The molecule has 2 heterocycles. The molecule has 17 heavy (non-hydrogen) atoms. The van der Waals surface area contributed by atoms with E-state index >= 15 is 0 Å². The smallest absolute Gasteiger partial charge is 0.408 e. The summed E-state index contributed by atoms with van der Waals surface area (Å²) in [6, 6.07) is 3.70. The molecule has 0 aliphatic carbocycles. The molecule has 0 saturated carbocycles. The Kier molecular flexibility index (Phi) is 4.03. The van der Waals surface area contributed by atoms with Gasteiger partial charge in [0, 0.05) is 12.5 Å². The van der Waals surface area contributed by atoms with E-state index in [-0.39, 0.29) is 15.7 Å². The average Bonchev–Trinajstić information content (AvgIpc) is 2.80. The number of halogens is 1. The number of carbonyl (C=O) groups is 2. The van der Waals surface area contributed by atoms with E-state index in [1.807, 2.05) is 17.5 Å². The van der Waals surface area contributed by atoms with E-state index < -0.39 is 6.09 Å². The zero-order chi connectivity index (χ0) is 12.4. The van der Waals surface area contributed by atoms with Crippen molar-refractivity contribution < 1.29 is 14.7 Å². The van der Waals surface area contributed by atoms with Gasteiger partial charge in [-0.1, -0.05) is 28.7 Å². The van der Waals surface area contributed by atoms with Gasteiger partial charge < -0.3 is 5.11 Å². The first kappa shape index (κ1) is 12.8. The molecule has 0 aromatic carbocycles. The number of nitrogens with zero attached hydrogens (tertiary/aromatic N) is 1. The fourth-order valence-corrected chi connectivity index (χ4v) is 3.86. The number of piperidine rings is 1. The summed E-state index contributed by atoms with van der Waals surface area (Å²) < 4.78 is -0.104. The second-order valence-electron chi connectivity index (χ2n) is 3.97. The Morgan fingerprint density at radius 2 is 2.29 bits per heavy atom. The van der Waals surface area contributed by atoms with E-state index in [0.29, 0.717) is 19.4 Å². The third-order valence-corrected chi connectivity index (χ3v) is 4.98. The van der Waals surface area contributed by atoms with Crippen molar-refractivity contribution in [3.8, 4) is 0 Å². The Hall–Kier alpha value is -0.630. The molecule has 1 aromatic rings. The van der Waals surface area contributed by atoms with Crippen LogP contribution < -0.4 is 0 Å². The highest BCUT2D eigenvalue weighted by Gasteiger charge is 2.33. The molecule has 92 valence electrons. The molecule has 1 saturated heterocycles. The lowest BCUT2D eigenvalue weighted by molar-refractivity contribution is 0.0812. The Morgan fingerprint density at radius 1 is 1.53 bits per heavy atom. The summed E-state index contributed by atoms with van der Waals surface area (Å²) in [6.07, 6.45) is 0.345. The van der Waals surface area contributed by atoms with Crippen LogP contribution in [0.25, 0.3) is 0 Å². The van der Waals surface area contributed by atoms with Gasteiger partial charge in [0.15, 0.2) is 5.78 Å². The predicted molar refractivity (Wildman–Crippen MR) is 73.9 cm³/mol. The molecule has 1 aliphatic heterocycles. The molecule has 1 aliphatic rings. The van der Waals surface area contributed by atoms with Crippen LogP contribution in [0.1, 0.15) is 22.5 Å². The molecule has 2 rings (SSSR count). The SMILES string of the molecule is O=C(c1cccs1)C1CCN(C(=O)O)C(I)C1. The van der Waals surface area contributed by atoms with E-state index in [0.717, 1.165) is 4.88 Å². The fourth-order valence-electron chi connectivity index (χ4n) is 1.99. The maximum Gasteiger partial charge on any atom is 0.408 e. The molecule has 1 amide bonds. The normalized spacial score (nSPS) is 24.6. The third-order valence-electron chi connectivity index (χ3n) is 2.92. The molecule has 6 heteroatoms. The van der Waals surface area contributed by atoms with E-state index in [9.17, 15) is 9.59 Å². The van der Waals surface area contributed by atoms with Crippen molar-refractivity contribution >= 4 is 45.8 Å². The van der Waals surface area contributed by atoms with Crippen molar-refractivity contribution in [2.24, 2.45) is 5.92 Å². The van der Waals surface area contributed by atoms with Gasteiger partial charge in [-0.25, -0.2) is 4.79 Å². The van der Waals surface area contributed by atoms with Crippen molar-refractivity contribution in [2.45, 2.75) is 16.9 Å². The minimum atomic E-state index is -0.897. The number of rotatable bonds is 2. The molecular weight excluding hydrogens is 353 g/mol. The molecule has 2 unspecified atom stereocenters. The van der Waals surface area contributed by atoms with Crippen LogP contribution in [0.4, 0.5) is 4.79 Å². The zero-order valence-corrected chi connectivity index (χ0v) is 12.0. The third kappa shape index (κ3) is 2.79. The van der Waals surface area contributed by atoms with E-state index in [2.05, 4.69) is 22.6 Å². The minimum absolute atomic E-state index is 0.0360. The van der Waals surface area contributed by atoms with Gasteiger partial charge in [0.2, 0.25) is 0 Å². The molecule has 1 fully saturated rings. The van der Waals surface area contributed by atoms with Gasteiger partial charge >= 0.3 is 6.09 Å². The van der Waals surface area contributed by atoms with Gasteiger partial charge in [0.1, 0.15) is 0 Å². The predicted octanol–water partition coefficient (Wildman–Crippen LogP) is 3.08. The second-order valence-corrected chi connectivity index (χ2v) is 6.36. The van der Waals surface area contributed by atoms with Gasteiger partial charge in [-0.15, -0.1) is 11.3 Å². The van der Waals surface area contributed by atoms with Crippen LogP contribution in [0.5, 0.6) is 0 Å². The Bertz CT molecular complexity index is 420. The molecule has 1 aromatic heterocycles. The number of hydrogen-bond donors (Lipinski definition) is 1. The maximum atomic E-state index is 12.1. The molecule has 0 radical (unpaired) electrons. The number of likely N-dealkylation sites (tertiary alicyclic amines) is 1. The first-order chi connectivity index (χ1) is 8.09. The van der Waals surface area contributed by atoms with Crippen LogP contribution in [-0.4, -0.2) is 32.5 Å². The van der Waals surface area contributed by atoms with Crippen LogP contribution in [0.2, 0.25) is 0 Å². The molecule has 4 nitrogen and oxygen atoms in total. The quantitative estimate of drug-likeness (QED) is 0.379. The molecule has 1 N–H and O–H groups in total. The number of Topliss-reactive ketones (excluding diaryl/α,β-unsaturated/α-hetero) is 1. The number of hydrogen-bond acceptors (Lipinski definition) is 3. The highest BCUT2D eigenvalue weighted by molar-refractivity contribution is 14.1. The summed E-state index contributed by atoms with van der Waals surface area (Å²) in [5.41, 5.74) is 0. The molecule has 0 bridgehead atoms. The van der Waals surface area contributed by atoms with E-state index in [4.69, 9.17) is 5.11 Å². The lowest BCUT2D eigenvalue weighted by atomic mass is 9.92. The summed E-state index contributed by atoms with van der Waals surface area (Å²) >= 11 is 3.55. The van der Waals surface area contributed by atoms with Crippen LogP contribution in [0.15, 0.2) is 17.5 Å². The Labute approximate surface area is 117 Å². The van der Waals surface area contributed by atoms with Crippen LogP contribution >= 0.6 is 33.9 Å². The van der Waals surface area contributed by atoms with E-state index in [1.165, 1.54) is 16.2 Å². The first-order valence-corrected chi connectivity index (χ1v) is 7.43. The first-order valence-electron chi connectivity index (χ1n) is 5.31. The van der Waals surface area contributed by atoms with Crippen molar-refractivity contribution in [2.75, 3.05) is 6.54 Å². The number of carboxylic acid groups (broad SMARTS) is 1. The number of alkyl halides is 1. The van der Waals surface area contributed by atoms with Crippen LogP contribution in [0, 0.1) is 5.92 Å². The van der Waals surface area contributed by atoms with Crippen molar-refractivity contribution in [1.82, 2.24) is 4.90 Å². The minimum Gasteiger partial charge on any atom is -0.465 e. The van der Waals surface area contributed by atoms with Crippen LogP contribution in [0.3, 0.4) is 0 Å². The Balaban J connectivity index is 2.02. The number of ketones is 1. The summed E-state index contributed by atoms with van der Waals surface area (Å²) in [5.74, 6) is 0.123. The van der Waals surface area contributed by atoms with Gasteiger partial charge in [-0.3, -0.25) is 9.69 Å². The molecule has 0 spiro atoms. The largest absolute Gasteiger partial charge is 0.465 e. The highest BCUT2D eigenvalue weighted by atomic mass is 127. The van der Waals surface area contributed by atoms with Crippen molar-refractivity contribution in [3.63, 3.8) is 0 Å². The number of thiophene rings is 1. The average molecular weight is 365 g/mol.